The first-order valence-electron chi connectivity index (χ1n) is 8.01. The largest absolute Gasteiger partial charge is 0.356 e. The van der Waals surface area contributed by atoms with Crippen molar-refractivity contribution in [3.63, 3.8) is 0 Å². The van der Waals surface area contributed by atoms with Crippen molar-refractivity contribution in [2.24, 2.45) is 12.0 Å². The predicted octanol–water partition coefficient (Wildman–Crippen LogP) is 1.66. The van der Waals surface area contributed by atoms with Crippen LogP contribution in [-0.2, 0) is 29.9 Å². The van der Waals surface area contributed by atoms with Crippen LogP contribution in [0.4, 0.5) is 0 Å². The summed E-state index contributed by atoms with van der Waals surface area (Å²) in [6.07, 6.45) is 5.92. The van der Waals surface area contributed by atoms with E-state index in [9.17, 15) is 8.42 Å². The molecule has 1 heterocycles. The SMILES string of the molecule is CN=C(NCCc1cnn(C)c1)NCc1ccc(S(C)(=O)=O)c(C)c1.I. The average Bonchev–Trinajstić information content (AvgIpc) is 2.95. The average molecular weight is 491 g/mol. The van der Waals surface area contributed by atoms with Crippen molar-refractivity contribution in [2.45, 2.75) is 24.8 Å². The van der Waals surface area contributed by atoms with Gasteiger partial charge in [0.15, 0.2) is 15.8 Å². The van der Waals surface area contributed by atoms with Crippen molar-refractivity contribution in [1.82, 2.24) is 20.4 Å². The molecule has 144 valence electrons. The zero-order valence-corrected chi connectivity index (χ0v) is 18.6. The minimum absolute atomic E-state index is 0. The van der Waals surface area contributed by atoms with E-state index in [1.807, 2.05) is 31.6 Å². The van der Waals surface area contributed by atoms with E-state index in [4.69, 9.17) is 0 Å². The topological polar surface area (TPSA) is 88.4 Å². The van der Waals surface area contributed by atoms with E-state index in [1.165, 1.54) is 6.26 Å². The fourth-order valence-corrected chi connectivity index (χ4v) is 3.53. The summed E-state index contributed by atoms with van der Waals surface area (Å²) in [5.74, 6) is 0.703. The van der Waals surface area contributed by atoms with E-state index in [-0.39, 0.29) is 24.0 Å². The molecule has 2 aromatic rings. The second kappa shape index (κ2) is 9.91. The number of sulfone groups is 1. The molecule has 0 fully saturated rings. The van der Waals surface area contributed by atoms with Gasteiger partial charge in [0.25, 0.3) is 0 Å². The van der Waals surface area contributed by atoms with Crippen molar-refractivity contribution < 1.29 is 8.42 Å². The molecule has 0 radical (unpaired) electrons. The third-order valence-corrected chi connectivity index (χ3v) is 5.04. The van der Waals surface area contributed by atoms with Gasteiger partial charge in [-0.05, 0) is 36.1 Å². The van der Waals surface area contributed by atoms with Gasteiger partial charge in [-0.25, -0.2) is 8.42 Å². The van der Waals surface area contributed by atoms with Crippen LogP contribution in [0.3, 0.4) is 0 Å². The predicted molar refractivity (Wildman–Crippen MR) is 115 cm³/mol. The van der Waals surface area contributed by atoms with Crippen LogP contribution in [0.1, 0.15) is 16.7 Å². The number of nitrogens with zero attached hydrogens (tertiary/aromatic N) is 3. The quantitative estimate of drug-likeness (QED) is 0.365. The Morgan fingerprint density at radius 1 is 1.27 bits per heavy atom. The molecule has 2 rings (SSSR count). The summed E-state index contributed by atoms with van der Waals surface area (Å²) >= 11 is 0. The second-order valence-corrected chi connectivity index (χ2v) is 7.98. The smallest absolute Gasteiger partial charge is 0.191 e. The number of aliphatic imine (C=N–C) groups is 1. The first-order chi connectivity index (χ1) is 11.8. The number of halogens is 1. The highest BCUT2D eigenvalue weighted by Crippen LogP contribution is 2.16. The number of aryl methyl sites for hydroxylation is 2. The van der Waals surface area contributed by atoms with Crippen LogP contribution in [0, 0.1) is 6.92 Å². The van der Waals surface area contributed by atoms with Gasteiger partial charge in [-0.15, -0.1) is 24.0 Å². The van der Waals surface area contributed by atoms with E-state index < -0.39 is 9.84 Å². The maximum atomic E-state index is 11.7. The van der Waals surface area contributed by atoms with Crippen LogP contribution in [0.15, 0.2) is 40.5 Å². The van der Waals surface area contributed by atoms with Gasteiger partial charge in [0.1, 0.15) is 0 Å². The molecule has 26 heavy (non-hydrogen) atoms. The zero-order chi connectivity index (χ0) is 18.4. The Balaban J connectivity index is 0.00000338. The summed E-state index contributed by atoms with van der Waals surface area (Å²) < 4.78 is 25.1. The molecule has 2 N–H and O–H groups in total. The number of nitrogens with one attached hydrogen (secondary N) is 2. The molecule has 0 atom stereocenters. The van der Waals surface area contributed by atoms with Gasteiger partial charge >= 0.3 is 0 Å². The highest BCUT2D eigenvalue weighted by atomic mass is 127. The van der Waals surface area contributed by atoms with E-state index in [2.05, 4.69) is 20.7 Å². The number of benzene rings is 1. The van der Waals surface area contributed by atoms with Gasteiger partial charge in [-0.2, -0.15) is 5.10 Å². The van der Waals surface area contributed by atoms with Gasteiger partial charge in [-0.1, -0.05) is 12.1 Å². The standard InChI is InChI=1S/C17H25N5O2S.HI/c1-13-9-14(5-6-16(13)25(4,23)24)10-20-17(18-2)19-8-7-15-11-21-22(3)12-15;/h5-6,9,11-12H,7-8,10H2,1-4H3,(H2,18,19,20);1H. The number of guanidine groups is 1. The lowest BCUT2D eigenvalue weighted by Gasteiger charge is -2.12. The van der Waals surface area contributed by atoms with Crippen LogP contribution in [-0.4, -0.2) is 44.0 Å². The van der Waals surface area contributed by atoms with E-state index in [1.54, 1.807) is 24.7 Å². The molecule has 1 aromatic carbocycles. The Morgan fingerprint density at radius 2 is 2.00 bits per heavy atom. The molecule has 0 unspecified atom stereocenters. The second-order valence-electron chi connectivity index (χ2n) is 6.00. The summed E-state index contributed by atoms with van der Waals surface area (Å²) in [4.78, 5) is 4.57. The summed E-state index contributed by atoms with van der Waals surface area (Å²) in [5.41, 5.74) is 2.92. The van der Waals surface area contributed by atoms with E-state index in [0.717, 1.165) is 29.7 Å². The number of rotatable bonds is 6. The molecule has 0 aliphatic heterocycles. The van der Waals surface area contributed by atoms with E-state index >= 15 is 0 Å². The van der Waals surface area contributed by atoms with Crippen molar-refractivity contribution in [2.75, 3.05) is 19.8 Å². The lowest BCUT2D eigenvalue weighted by Crippen LogP contribution is -2.37. The lowest BCUT2D eigenvalue weighted by atomic mass is 10.1. The first-order valence-corrected chi connectivity index (χ1v) is 9.90. The number of aromatic nitrogens is 2. The monoisotopic (exact) mass is 491 g/mol. The molecule has 0 aliphatic carbocycles. The molecule has 1 aromatic heterocycles. The summed E-state index contributed by atoms with van der Waals surface area (Å²) in [6.45, 7) is 3.12. The third-order valence-electron chi connectivity index (χ3n) is 3.79. The fraction of sp³-hybridized carbons (Fsp3) is 0.412. The molecule has 7 nitrogen and oxygen atoms in total. The van der Waals surface area contributed by atoms with Crippen LogP contribution < -0.4 is 10.6 Å². The van der Waals surface area contributed by atoms with Crippen LogP contribution in [0.5, 0.6) is 0 Å². The molecular formula is C17H26IN5O2S. The molecule has 0 amide bonds. The Hall–Kier alpha value is -1.62. The summed E-state index contributed by atoms with van der Waals surface area (Å²) in [6, 6.07) is 5.35. The number of hydrogen-bond acceptors (Lipinski definition) is 4. The number of hydrogen-bond donors (Lipinski definition) is 2. The highest BCUT2D eigenvalue weighted by molar-refractivity contribution is 14.0. The Labute approximate surface area is 172 Å². The molecule has 0 saturated heterocycles. The highest BCUT2D eigenvalue weighted by Gasteiger charge is 2.10. The molecule has 9 heteroatoms. The maximum Gasteiger partial charge on any atom is 0.191 e. The van der Waals surface area contributed by atoms with Crippen LogP contribution >= 0.6 is 24.0 Å². The van der Waals surface area contributed by atoms with Gasteiger partial charge in [0.05, 0.1) is 11.1 Å². The minimum atomic E-state index is -3.19. The van der Waals surface area contributed by atoms with E-state index in [0.29, 0.717) is 17.4 Å². The zero-order valence-electron chi connectivity index (χ0n) is 15.5. The third kappa shape index (κ3) is 6.60. The normalized spacial score (nSPS) is 11.8. The van der Waals surface area contributed by atoms with Gasteiger partial charge in [0.2, 0.25) is 0 Å². The molecule has 0 aliphatic rings. The van der Waals surface area contributed by atoms with Crippen molar-refractivity contribution in [1.29, 1.82) is 0 Å². The maximum absolute atomic E-state index is 11.7. The molecule has 0 saturated carbocycles. The molecule has 0 spiro atoms. The van der Waals surface area contributed by atoms with Crippen LogP contribution in [0.2, 0.25) is 0 Å². The Kier molecular flexibility index (Phi) is 8.54. The van der Waals surface area contributed by atoms with Gasteiger partial charge in [0, 0.05) is 39.6 Å². The van der Waals surface area contributed by atoms with Crippen molar-refractivity contribution in [3.8, 4) is 0 Å². The lowest BCUT2D eigenvalue weighted by molar-refractivity contribution is 0.601. The van der Waals surface area contributed by atoms with Crippen molar-refractivity contribution >= 4 is 39.8 Å². The molecular weight excluding hydrogens is 465 g/mol. The summed E-state index contributed by atoms with van der Waals surface area (Å²) in [5, 5.41) is 10.6. The van der Waals surface area contributed by atoms with Gasteiger partial charge in [-0.3, -0.25) is 9.67 Å². The minimum Gasteiger partial charge on any atom is -0.356 e. The van der Waals surface area contributed by atoms with Gasteiger partial charge < -0.3 is 10.6 Å². The van der Waals surface area contributed by atoms with Crippen molar-refractivity contribution in [3.05, 3.63) is 47.3 Å². The van der Waals surface area contributed by atoms with Crippen LogP contribution in [0.25, 0.3) is 0 Å². The summed E-state index contributed by atoms with van der Waals surface area (Å²) in [7, 11) is 0.431. The fourth-order valence-electron chi connectivity index (χ4n) is 2.57. The Bertz CT molecular complexity index is 862. The Morgan fingerprint density at radius 3 is 2.54 bits per heavy atom. The molecule has 0 bridgehead atoms. The first kappa shape index (κ1) is 22.4.